The molecule has 0 spiro atoms. The van der Waals surface area contributed by atoms with Crippen molar-refractivity contribution in [2.24, 2.45) is 0 Å². The van der Waals surface area contributed by atoms with Crippen molar-refractivity contribution in [3.63, 3.8) is 0 Å². The molecule has 0 amide bonds. The number of rotatable bonds is 4. The molecule has 0 N–H and O–H groups in total. The average Bonchev–Trinajstić information content (AvgIpc) is 2.59. The van der Waals surface area contributed by atoms with Crippen LogP contribution in [-0.4, -0.2) is 12.4 Å². The fourth-order valence-electron chi connectivity index (χ4n) is 2.12. The first-order valence-electron chi connectivity index (χ1n) is 7.33. The van der Waals surface area contributed by atoms with E-state index >= 15 is 0 Å². The van der Waals surface area contributed by atoms with Gasteiger partial charge in [-0.15, -0.1) is 11.8 Å². The fraction of sp³-hybridized carbons (Fsp3) is 0.105. The summed E-state index contributed by atoms with van der Waals surface area (Å²) in [5, 5.41) is 1.91. The molecule has 126 valence electrons. The standard InChI is InChI=1S/C19H12Cl2O3S/c20-13-7-8-17(15(21)11-13)23-9-3-4-10-25-18-12-19(22)24-16-6-2-1-5-14(16)18/h1-2,5-8,11-12H,9-10H2. The molecular weight excluding hydrogens is 379 g/mol. The van der Waals surface area contributed by atoms with Crippen molar-refractivity contribution in [1.82, 2.24) is 0 Å². The van der Waals surface area contributed by atoms with E-state index in [9.17, 15) is 4.79 Å². The van der Waals surface area contributed by atoms with Crippen LogP contribution in [0.15, 0.2) is 62.6 Å². The SMILES string of the molecule is O=c1cc(SCC#CCOc2ccc(Cl)cc2Cl)c2ccccc2o1. The molecular formula is C19H12Cl2O3S. The molecule has 1 heterocycles. The largest absolute Gasteiger partial charge is 0.479 e. The van der Waals surface area contributed by atoms with E-state index in [0.717, 1.165) is 10.3 Å². The van der Waals surface area contributed by atoms with E-state index in [-0.39, 0.29) is 12.2 Å². The maximum Gasteiger partial charge on any atom is 0.337 e. The zero-order chi connectivity index (χ0) is 17.6. The van der Waals surface area contributed by atoms with Crippen molar-refractivity contribution in [3.05, 3.63) is 69.0 Å². The number of fused-ring (bicyclic) bond motifs is 1. The molecule has 0 unspecified atom stereocenters. The Bertz CT molecular complexity index is 1020. The van der Waals surface area contributed by atoms with Crippen LogP contribution in [0, 0.1) is 11.8 Å². The number of para-hydroxylation sites is 1. The van der Waals surface area contributed by atoms with Crippen LogP contribution in [0.5, 0.6) is 5.75 Å². The van der Waals surface area contributed by atoms with E-state index in [4.69, 9.17) is 32.4 Å². The molecule has 3 rings (SSSR count). The minimum atomic E-state index is -0.366. The smallest absolute Gasteiger partial charge is 0.337 e. The molecule has 6 heteroatoms. The van der Waals surface area contributed by atoms with Crippen molar-refractivity contribution in [3.8, 4) is 17.6 Å². The highest BCUT2D eigenvalue weighted by atomic mass is 35.5. The van der Waals surface area contributed by atoms with Crippen LogP contribution in [0.25, 0.3) is 11.0 Å². The van der Waals surface area contributed by atoms with Gasteiger partial charge in [-0.1, -0.05) is 53.2 Å². The lowest BCUT2D eigenvalue weighted by Gasteiger charge is -2.04. The highest BCUT2D eigenvalue weighted by molar-refractivity contribution is 7.99. The van der Waals surface area contributed by atoms with Crippen LogP contribution in [0.2, 0.25) is 10.0 Å². The number of halogens is 2. The first-order chi connectivity index (χ1) is 12.1. The number of benzene rings is 2. The highest BCUT2D eigenvalue weighted by Gasteiger charge is 2.04. The molecule has 0 atom stereocenters. The molecule has 2 aromatic carbocycles. The summed E-state index contributed by atoms with van der Waals surface area (Å²) in [4.78, 5) is 12.4. The first kappa shape index (κ1) is 17.8. The number of hydrogen-bond acceptors (Lipinski definition) is 4. The molecule has 25 heavy (non-hydrogen) atoms. The zero-order valence-electron chi connectivity index (χ0n) is 12.9. The molecule has 0 radical (unpaired) electrons. The van der Waals surface area contributed by atoms with Crippen LogP contribution >= 0.6 is 35.0 Å². The van der Waals surface area contributed by atoms with Gasteiger partial charge >= 0.3 is 5.63 Å². The molecule has 0 aliphatic heterocycles. The van der Waals surface area contributed by atoms with Gasteiger partial charge in [0.25, 0.3) is 0 Å². The second kappa shape index (κ2) is 8.35. The van der Waals surface area contributed by atoms with Gasteiger partial charge in [-0.25, -0.2) is 4.79 Å². The normalized spacial score (nSPS) is 10.3. The van der Waals surface area contributed by atoms with Crippen molar-refractivity contribution in [2.45, 2.75) is 4.90 Å². The van der Waals surface area contributed by atoms with E-state index in [1.807, 2.05) is 18.2 Å². The Labute approximate surface area is 158 Å². The van der Waals surface area contributed by atoms with Crippen LogP contribution < -0.4 is 10.4 Å². The third-order valence-electron chi connectivity index (χ3n) is 3.23. The molecule has 0 aliphatic carbocycles. The Morgan fingerprint density at radius 1 is 1.08 bits per heavy atom. The van der Waals surface area contributed by atoms with Gasteiger partial charge in [0.15, 0.2) is 0 Å². The van der Waals surface area contributed by atoms with E-state index in [1.54, 1.807) is 24.3 Å². The van der Waals surface area contributed by atoms with Gasteiger partial charge in [0.2, 0.25) is 0 Å². The van der Waals surface area contributed by atoms with Gasteiger partial charge in [0.1, 0.15) is 17.9 Å². The topological polar surface area (TPSA) is 39.4 Å². The highest BCUT2D eigenvalue weighted by Crippen LogP contribution is 2.27. The molecule has 0 saturated carbocycles. The minimum Gasteiger partial charge on any atom is -0.479 e. The summed E-state index contributed by atoms with van der Waals surface area (Å²) >= 11 is 13.3. The Balaban J connectivity index is 1.59. The van der Waals surface area contributed by atoms with Crippen molar-refractivity contribution >= 4 is 45.9 Å². The fourth-order valence-corrected chi connectivity index (χ4v) is 3.42. The van der Waals surface area contributed by atoms with Crippen molar-refractivity contribution in [2.75, 3.05) is 12.4 Å². The Kier molecular flexibility index (Phi) is 5.93. The lowest BCUT2D eigenvalue weighted by atomic mass is 10.2. The summed E-state index contributed by atoms with van der Waals surface area (Å²) in [7, 11) is 0. The second-order valence-electron chi connectivity index (χ2n) is 4.93. The maximum atomic E-state index is 11.6. The Morgan fingerprint density at radius 3 is 2.76 bits per heavy atom. The maximum absolute atomic E-state index is 11.6. The Hall–Kier alpha value is -2.06. The lowest BCUT2D eigenvalue weighted by Crippen LogP contribution is -1.97. The summed E-state index contributed by atoms with van der Waals surface area (Å²) < 4.78 is 10.7. The quantitative estimate of drug-likeness (QED) is 0.345. The van der Waals surface area contributed by atoms with Crippen LogP contribution in [0.1, 0.15) is 0 Å². The summed E-state index contributed by atoms with van der Waals surface area (Å²) in [6, 6.07) is 13.9. The van der Waals surface area contributed by atoms with Gasteiger partial charge in [-0.05, 0) is 24.3 Å². The number of ether oxygens (including phenoxy) is 1. The molecule has 0 saturated heterocycles. The van der Waals surface area contributed by atoms with Gasteiger partial charge < -0.3 is 9.15 Å². The molecule has 3 nitrogen and oxygen atoms in total. The van der Waals surface area contributed by atoms with Gasteiger partial charge in [-0.3, -0.25) is 0 Å². The summed E-state index contributed by atoms with van der Waals surface area (Å²) in [6.45, 7) is 0.222. The van der Waals surface area contributed by atoms with Crippen LogP contribution in [0.3, 0.4) is 0 Å². The monoisotopic (exact) mass is 390 g/mol. The van der Waals surface area contributed by atoms with Crippen molar-refractivity contribution < 1.29 is 9.15 Å². The summed E-state index contributed by atoms with van der Waals surface area (Å²) in [5.74, 6) is 7.00. The second-order valence-corrected chi connectivity index (χ2v) is 6.79. The average molecular weight is 391 g/mol. The predicted molar refractivity (Wildman–Crippen MR) is 103 cm³/mol. The number of hydrogen-bond donors (Lipinski definition) is 0. The number of thioether (sulfide) groups is 1. The molecule has 1 aromatic heterocycles. The molecule has 0 fully saturated rings. The molecule has 3 aromatic rings. The van der Waals surface area contributed by atoms with Crippen LogP contribution in [0.4, 0.5) is 0 Å². The van der Waals surface area contributed by atoms with E-state index < -0.39 is 0 Å². The van der Waals surface area contributed by atoms with E-state index in [2.05, 4.69) is 11.8 Å². The Morgan fingerprint density at radius 2 is 1.92 bits per heavy atom. The molecule has 0 bridgehead atoms. The van der Waals surface area contributed by atoms with E-state index in [1.165, 1.54) is 17.8 Å². The first-order valence-corrected chi connectivity index (χ1v) is 9.07. The zero-order valence-corrected chi connectivity index (χ0v) is 15.3. The van der Waals surface area contributed by atoms with E-state index in [0.29, 0.717) is 27.1 Å². The third-order valence-corrected chi connectivity index (χ3v) is 4.70. The summed E-state index contributed by atoms with van der Waals surface area (Å²) in [5.41, 5.74) is 0.209. The lowest BCUT2D eigenvalue weighted by molar-refractivity contribution is 0.370. The minimum absolute atomic E-state index is 0.222. The van der Waals surface area contributed by atoms with Crippen LogP contribution in [-0.2, 0) is 0 Å². The molecule has 0 aliphatic rings. The van der Waals surface area contributed by atoms with Gasteiger partial charge in [-0.2, -0.15) is 0 Å². The van der Waals surface area contributed by atoms with Gasteiger partial charge in [0, 0.05) is 21.4 Å². The van der Waals surface area contributed by atoms with Gasteiger partial charge in [0.05, 0.1) is 10.8 Å². The van der Waals surface area contributed by atoms with Crippen molar-refractivity contribution in [1.29, 1.82) is 0 Å². The predicted octanol–water partition coefficient (Wildman–Crippen LogP) is 5.27. The summed E-state index contributed by atoms with van der Waals surface area (Å²) in [6.07, 6.45) is 0. The third kappa shape index (κ3) is 4.73.